The number of hydrogen-bond donors (Lipinski definition) is 0. The molecule has 178 valence electrons. The molecule has 0 N–H and O–H groups in total. The van der Waals surface area contributed by atoms with E-state index in [0.717, 1.165) is 16.7 Å². The Morgan fingerprint density at radius 3 is 2.37 bits per heavy atom. The zero-order valence-corrected chi connectivity index (χ0v) is 19.9. The highest BCUT2D eigenvalue weighted by molar-refractivity contribution is 5.91. The summed E-state index contributed by atoms with van der Waals surface area (Å²) < 4.78 is 13.2. The highest BCUT2D eigenvalue weighted by Crippen LogP contribution is 2.29. The number of carbonyl (C=O) groups is 1. The van der Waals surface area contributed by atoms with E-state index >= 15 is 0 Å². The van der Waals surface area contributed by atoms with Crippen molar-refractivity contribution in [3.63, 3.8) is 0 Å². The summed E-state index contributed by atoms with van der Waals surface area (Å²) in [5.74, 6) is 1.16. The first-order chi connectivity index (χ1) is 17.1. The van der Waals surface area contributed by atoms with Gasteiger partial charge in [0.15, 0.2) is 11.5 Å². The molecule has 35 heavy (non-hydrogen) atoms. The number of nitrogens with zero attached hydrogens (tertiary/aromatic N) is 4. The maximum atomic E-state index is 12.6. The van der Waals surface area contributed by atoms with Gasteiger partial charge >= 0.3 is 0 Å². The Hall–Kier alpha value is -4.39. The first-order valence-electron chi connectivity index (χ1n) is 11.3. The van der Waals surface area contributed by atoms with Crippen LogP contribution >= 0.6 is 0 Å². The van der Waals surface area contributed by atoms with E-state index in [2.05, 4.69) is 10.3 Å². The van der Waals surface area contributed by atoms with Crippen LogP contribution in [0.3, 0.4) is 0 Å². The van der Waals surface area contributed by atoms with Gasteiger partial charge in [0.05, 0.1) is 19.9 Å². The number of carbonyl (C=O) groups excluding carboxylic acids is 1. The van der Waals surface area contributed by atoms with Crippen molar-refractivity contribution in [1.82, 2.24) is 19.9 Å². The Morgan fingerprint density at radius 2 is 1.66 bits per heavy atom. The summed E-state index contributed by atoms with van der Waals surface area (Å²) in [5.41, 5.74) is 3.78. The molecule has 1 heterocycles. The van der Waals surface area contributed by atoms with Gasteiger partial charge in [-0.25, -0.2) is 4.68 Å². The molecule has 0 radical (unpaired) electrons. The van der Waals surface area contributed by atoms with Gasteiger partial charge in [-0.15, -0.1) is 5.10 Å². The van der Waals surface area contributed by atoms with E-state index in [9.17, 15) is 4.79 Å². The summed E-state index contributed by atoms with van der Waals surface area (Å²) in [7, 11) is 3.36. The number of methoxy groups -OCH3 is 1. The van der Waals surface area contributed by atoms with Crippen molar-refractivity contribution in [3.05, 3.63) is 114 Å². The standard InChI is InChI=1S/C28H28N4O3/c1-31(28(33)16-14-25-20-32(30-29-25)19-22-9-5-3-6-10-22)18-24-13-15-26(27(17-24)34-2)35-21-23-11-7-4-8-12-23/h3-17,20H,18-19,21H2,1-2H3/b16-14+. The van der Waals surface area contributed by atoms with Gasteiger partial charge in [-0.05, 0) is 34.9 Å². The third-order valence-electron chi connectivity index (χ3n) is 5.40. The largest absolute Gasteiger partial charge is 0.493 e. The molecule has 0 atom stereocenters. The Labute approximate surface area is 205 Å². The Bertz CT molecular complexity index is 1270. The molecular weight excluding hydrogens is 440 g/mol. The van der Waals surface area contributed by atoms with E-state index in [4.69, 9.17) is 9.47 Å². The molecule has 0 aliphatic carbocycles. The average Bonchev–Trinajstić information content (AvgIpc) is 3.34. The molecule has 1 aromatic heterocycles. The van der Waals surface area contributed by atoms with E-state index in [1.807, 2.05) is 85.1 Å². The van der Waals surface area contributed by atoms with Crippen LogP contribution < -0.4 is 9.47 Å². The summed E-state index contributed by atoms with van der Waals surface area (Å²) in [6, 6.07) is 25.7. The average molecular weight is 469 g/mol. The fourth-order valence-corrected chi connectivity index (χ4v) is 3.54. The van der Waals surface area contributed by atoms with E-state index in [1.54, 1.807) is 29.8 Å². The lowest BCUT2D eigenvalue weighted by Crippen LogP contribution is -2.24. The zero-order chi connectivity index (χ0) is 24.5. The van der Waals surface area contributed by atoms with E-state index in [-0.39, 0.29) is 5.91 Å². The van der Waals surface area contributed by atoms with Crippen LogP contribution in [0.1, 0.15) is 22.4 Å². The van der Waals surface area contributed by atoms with Crippen LogP contribution in [0.25, 0.3) is 6.08 Å². The maximum Gasteiger partial charge on any atom is 0.246 e. The molecule has 0 unspecified atom stereocenters. The molecule has 0 bridgehead atoms. The molecule has 0 saturated heterocycles. The van der Waals surface area contributed by atoms with Gasteiger partial charge in [0.25, 0.3) is 0 Å². The highest BCUT2D eigenvalue weighted by atomic mass is 16.5. The lowest BCUT2D eigenvalue weighted by atomic mass is 10.2. The van der Waals surface area contributed by atoms with Crippen molar-refractivity contribution in [2.24, 2.45) is 0 Å². The zero-order valence-electron chi connectivity index (χ0n) is 19.9. The SMILES string of the molecule is COc1cc(CN(C)C(=O)/C=C/c2cn(Cc3ccccc3)nn2)ccc1OCc1ccccc1. The predicted molar refractivity (Wildman–Crippen MR) is 135 cm³/mol. The summed E-state index contributed by atoms with van der Waals surface area (Å²) in [4.78, 5) is 14.3. The van der Waals surface area contributed by atoms with Gasteiger partial charge in [0, 0.05) is 19.7 Å². The van der Waals surface area contributed by atoms with Crippen molar-refractivity contribution < 1.29 is 14.3 Å². The molecule has 3 aromatic carbocycles. The first-order valence-corrected chi connectivity index (χ1v) is 11.3. The highest BCUT2D eigenvalue weighted by Gasteiger charge is 2.11. The number of amides is 1. The summed E-state index contributed by atoms with van der Waals surface area (Å²) in [6.07, 6.45) is 5.00. The molecular formula is C28H28N4O3. The number of aromatic nitrogens is 3. The first kappa shape index (κ1) is 23.8. The molecule has 0 saturated carbocycles. The molecule has 7 heteroatoms. The number of rotatable bonds is 10. The third-order valence-corrected chi connectivity index (χ3v) is 5.40. The lowest BCUT2D eigenvalue weighted by molar-refractivity contribution is -0.125. The molecule has 4 rings (SSSR count). The quantitative estimate of drug-likeness (QED) is 0.319. The van der Waals surface area contributed by atoms with Crippen LogP contribution in [0.5, 0.6) is 11.5 Å². The van der Waals surface area contributed by atoms with Gasteiger partial charge in [-0.2, -0.15) is 0 Å². The Kier molecular flexibility index (Phi) is 7.91. The smallest absolute Gasteiger partial charge is 0.246 e. The van der Waals surface area contributed by atoms with Crippen molar-refractivity contribution in [3.8, 4) is 11.5 Å². The molecule has 0 spiro atoms. The molecule has 0 aliphatic heterocycles. The number of benzene rings is 3. The number of likely N-dealkylation sites (N-methyl/N-ethyl adjacent to an activating group) is 1. The van der Waals surface area contributed by atoms with Gasteiger partial charge in [0.1, 0.15) is 12.3 Å². The second-order valence-electron chi connectivity index (χ2n) is 8.11. The van der Waals surface area contributed by atoms with Crippen molar-refractivity contribution in [2.45, 2.75) is 19.7 Å². The molecule has 0 aliphatic rings. The van der Waals surface area contributed by atoms with Crippen LogP contribution in [0.2, 0.25) is 0 Å². The fourth-order valence-electron chi connectivity index (χ4n) is 3.54. The molecule has 7 nitrogen and oxygen atoms in total. The van der Waals surface area contributed by atoms with E-state index < -0.39 is 0 Å². The normalized spacial score (nSPS) is 10.9. The Morgan fingerprint density at radius 1 is 0.943 bits per heavy atom. The van der Waals surface area contributed by atoms with Gasteiger partial charge in [-0.1, -0.05) is 71.9 Å². The third kappa shape index (κ3) is 6.80. The van der Waals surface area contributed by atoms with E-state index in [1.165, 1.54) is 6.08 Å². The van der Waals surface area contributed by atoms with Crippen LogP contribution in [0.4, 0.5) is 0 Å². The van der Waals surface area contributed by atoms with Crippen LogP contribution in [-0.2, 0) is 24.5 Å². The minimum atomic E-state index is -0.133. The second-order valence-corrected chi connectivity index (χ2v) is 8.11. The van der Waals surface area contributed by atoms with Gasteiger partial charge in [-0.3, -0.25) is 4.79 Å². The van der Waals surface area contributed by atoms with Crippen molar-refractivity contribution in [1.29, 1.82) is 0 Å². The number of ether oxygens (including phenoxy) is 2. The van der Waals surface area contributed by atoms with Crippen molar-refractivity contribution >= 4 is 12.0 Å². The lowest BCUT2D eigenvalue weighted by Gasteiger charge is -2.17. The minimum absolute atomic E-state index is 0.133. The number of hydrogen-bond acceptors (Lipinski definition) is 5. The molecule has 0 fully saturated rings. The summed E-state index contributed by atoms with van der Waals surface area (Å²) in [6.45, 7) is 1.51. The van der Waals surface area contributed by atoms with E-state index in [0.29, 0.717) is 36.9 Å². The van der Waals surface area contributed by atoms with Crippen LogP contribution in [0, 0.1) is 0 Å². The van der Waals surface area contributed by atoms with Crippen LogP contribution in [-0.4, -0.2) is 40.0 Å². The fraction of sp³-hybridized carbons (Fsp3) is 0.179. The van der Waals surface area contributed by atoms with Gasteiger partial charge in [0.2, 0.25) is 5.91 Å². The topological polar surface area (TPSA) is 69.5 Å². The van der Waals surface area contributed by atoms with Gasteiger partial charge < -0.3 is 14.4 Å². The minimum Gasteiger partial charge on any atom is -0.493 e. The van der Waals surface area contributed by atoms with Crippen molar-refractivity contribution in [2.75, 3.05) is 14.2 Å². The summed E-state index contributed by atoms with van der Waals surface area (Å²) in [5, 5.41) is 8.25. The molecule has 4 aromatic rings. The van der Waals surface area contributed by atoms with Crippen LogP contribution in [0.15, 0.2) is 91.1 Å². The maximum absolute atomic E-state index is 12.6. The predicted octanol–water partition coefficient (Wildman–Crippen LogP) is 4.59. The monoisotopic (exact) mass is 468 g/mol. The second kappa shape index (κ2) is 11.7. The molecule has 1 amide bonds. The summed E-state index contributed by atoms with van der Waals surface area (Å²) >= 11 is 0. The Balaban J connectivity index is 1.32.